The van der Waals surface area contributed by atoms with Crippen molar-refractivity contribution in [2.75, 3.05) is 0 Å². The van der Waals surface area contributed by atoms with Gasteiger partial charge in [-0.25, -0.2) is 0 Å². The van der Waals surface area contributed by atoms with Gasteiger partial charge in [0.25, 0.3) is 0 Å². The largest absolute Gasteiger partial charge is 0.337 e. The first-order chi connectivity index (χ1) is 36.0. The summed E-state index contributed by atoms with van der Waals surface area (Å²) < 4.78 is 2.91. The molecule has 382 valence electrons. The smallest absolute Gasteiger partial charge is 0.0839 e. The molecule has 1 aromatic rings. The minimum absolute atomic E-state index is 0.0727. The Kier molecular flexibility index (Phi) is 12.7. The first-order valence-electron chi connectivity index (χ1n) is 30.0. The van der Waals surface area contributed by atoms with E-state index in [1.54, 1.807) is 22.4 Å². The summed E-state index contributed by atoms with van der Waals surface area (Å²) in [7, 11) is 0. The quantitative estimate of drug-likeness (QED) is 0.237. The van der Waals surface area contributed by atoms with E-state index in [4.69, 9.17) is 0 Å². The SMILES string of the molecule is CC1C=Cc2c(c3c(n2C2CC(N4C5C=CCCC5C5CC6C(=CC54)C4CCC=CC4N6C4C=CCCC4)C(C#N)C=C2C2NC(C4C=CCCC4)NC(C4C=CC=C(C5=CC=CCC5)C4)N2)CCC(C)C3)C1. The van der Waals surface area contributed by atoms with Crippen LogP contribution >= 0.6 is 0 Å². The lowest BCUT2D eigenvalue weighted by atomic mass is 9.72. The Morgan fingerprint density at radius 2 is 1.42 bits per heavy atom. The van der Waals surface area contributed by atoms with Crippen LogP contribution in [0.2, 0.25) is 0 Å². The molecule has 3 aliphatic heterocycles. The standard InChI is InChI=1S/C66H83N7/c1-41-29-31-58-51(33-41)52-34-42(2)30-32-59(52)72(58)63-39-60(73-57-28-15-13-26-50(57)54-37-61-53(38-62(54)73)49-25-12-14-27-56(49)71(61)48-23-10-5-11-24-48)47(40-67)36-55(63)66-69-64(44-19-8-4-9-20-44)68-65(70-66)46-22-16-21-45(35-46)43-17-6-3-7-18-43/h3,6,8,10,14-17,19,21-23,27-29,31,36,38,41-42,44,46-50,54,56-57,60-66,68-70H,4-5,7,9,11-13,18,20,24-26,30,32-35,37,39H2,1-2H3. The molecule has 0 radical (unpaired) electrons. The summed E-state index contributed by atoms with van der Waals surface area (Å²) in [6, 6.07) is 5.67. The minimum atomic E-state index is -0.215. The van der Waals surface area contributed by atoms with Crippen molar-refractivity contribution in [3.05, 3.63) is 148 Å². The summed E-state index contributed by atoms with van der Waals surface area (Å²) in [5.41, 5.74) is 12.5. The van der Waals surface area contributed by atoms with Crippen molar-refractivity contribution >= 4 is 6.08 Å². The molecular weight excluding hydrogens is 891 g/mol. The number of nitriles is 1. The highest BCUT2D eigenvalue weighted by molar-refractivity contribution is 5.60. The van der Waals surface area contributed by atoms with Crippen LogP contribution in [0.15, 0.2) is 126 Å². The molecule has 18 unspecified atom stereocenters. The van der Waals surface area contributed by atoms with Gasteiger partial charge < -0.3 is 4.57 Å². The fraction of sp³-hybridized carbons (Fsp3) is 0.591. The molecule has 3 fully saturated rings. The molecule has 1 aromatic heterocycles. The molecule has 7 nitrogen and oxygen atoms in total. The van der Waals surface area contributed by atoms with Gasteiger partial charge in [-0.2, -0.15) is 5.26 Å². The number of hydrogen-bond acceptors (Lipinski definition) is 6. The lowest BCUT2D eigenvalue weighted by Crippen LogP contribution is -2.71. The molecule has 13 aliphatic rings. The maximum Gasteiger partial charge on any atom is 0.0839 e. The number of likely N-dealkylation sites (tertiary alicyclic amines) is 2. The van der Waals surface area contributed by atoms with Gasteiger partial charge in [-0.1, -0.05) is 123 Å². The summed E-state index contributed by atoms with van der Waals surface area (Å²) in [5.74, 6) is 3.58. The van der Waals surface area contributed by atoms with Gasteiger partial charge in [-0.15, -0.1) is 0 Å². The van der Waals surface area contributed by atoms with Gasteiger partial charge in [0.2, 0.25) is 0 Å². The molecule has 4 heterocycles. The first kappa shape index (κ1) is 47.2. The molecule has 73 heavy (non-hydrogen) atoms. The average Bonchev–Trinajstić information content (AvgIpc) is 4.07. The van der Waals surface area contributed by atoms with Crippen molar-refractivity contribution in [1.29, 1.82) is 5.26 Å². The Morgan fingerprint density at radius 1 is 0.603 bits per heavy atom. The Bertz CT molecular complexity index is 2710. The molecule has 7 heteroatoms. The van der Waals surface area contributed by atoms with E-state index in [0.717, 1.165) is 38.5 Å². The molecular formula is C66H83N7. The third kappa shape index (κ3) is 8.30. The molecule has 0 aromatic carbocycles. The summed E-state index contributed by atoms with van der Waals surface area (Å²) in [5, 5.41) is 24.7. The second-order valence-corrected chi connectivity index (χ2v) is 25.4. The Labute approximate surface area is 437 Å². The predicted molar refractivity (Wildman–Crippen MR) is 297 cm³/mol. The van der Waals surface area contributed by atoms with Crippen molar-refractivity contribution in [1.82, 2.24) is 30.3 Å². The summed E-state index contributed by atoms with van der Waals surface area (Å²) in [4.78, 5) is 6.03. The van der Waals surface area contributed by atoms with Crippen molar-refractivity contribution in [2.45, 2.75) is 197 Å². The van der Waals surface area contributed by atoms with Gasteiger partial charge in [0.05, 0.1) is 36.5 Å². The maximum absolute atomic E-state index is 11.9. The molecule has 0 bridgehead atoms. The van der Waals surface area contributed by atoms with Crippen LogP contribution in [0.5, 0.6) is 0 Å². The van der Waals surface area contributed by atoms with E-state index in [1.165, 1.54) is 106 Å². The van der Waals surface area contributed by atoms with Crippen LogP contribution in [-0.4, -0.2) is 69.1 Å². The number of nitrogens with one attached hydrogen (secondary N) is 3. The number of allylic oxidation sites excluding steroid dienone is 12. The summed E-state index contributed by atoms with van der Waals surface area (Å²) in [6.45, 7) is 4.91. The second-order valence-electron chi connectivity index (χ2n) is 25.4. The lowest BCUT2D eigenvalue weighted by molar-refractivity contribution is 0.0951. The van der Waals surface area contributed by atoms with E-state index < -0.39 is 0 Å². The van der Waals surface area contributed by atoms with Gasteiger partial charge in [-0.3, -0.25) is 25.8 Å². The summed E-state index contributed by atoms with van der Waals surface area (Å²) >= 11 is 0. The van der Waals surface area contributed by atoms with Crippen LogP contribution in [0, 0.1) is 58.7 Å². The molecule has 0 saturated carbocycles. The number of hydrogen-bond donors (Lipinski definition) is 3. The van der Waals surface area contributed by atoms with Crippen molar-refractivity contribution in [3.8, 4) is 6.07 Å². The monoisotopic (exact) mass is 974 g/mol. The van der Waals surface area contributed by atoms with Crippen LogP contribution in [0.3, 0.4) is 0 Å². The van der Waals surface area contributed by atoms with E-state index in [1.807, 2.05) is 0 Å². The van der Waals surface area contributed by atoms with Crippen LogP contribution in [-0.2, 0) is 19.3 Å². The van der Waals surface area contributed by atoms with Crippen molar-refractivity contribution in [2.24, 2.45) is 47.3 Å². The molecule has 14 rings (SSSR count). The molecule has 0 amide bonds. The number of aromatic nitrogens is 1. The highest BCUT2D eigenvalue weighted by Crippen LogP contribution is 2.56. The minimum Gasteiger partial charge on any atom is -0.337 e. The van der Waals surface area contributed by atoms with Gasteiger partial charge in [-0.05, 0) is 180 Å². The van der Waals surface area contributed by atoms with Crippen LogP contribution < -0.4 is 16.0 Å². The maximum atomic E-state index is 11.9. The zero-order chi connectivity index (χ0) is 48.7. The predicted octanol–water partition coefficient (Wildman–Crippen LogP) is 12.2. The molecule has 3 saturated heterocycles. The zero-order valence-electron chi connectivity index (χ0n) is 44.0. The highest BCUT2D eigenvalue weighted by Gasteiger charge is 2.58. The normalized spacial score (nSPS) is 42.6. The molecule has 0 spiro atoms. The third-order valence-electron chi connectivity index (χ3n) is 21.2. The van der Waals surface area contributed by atoms with Crippen LogP contribution in [0.4, 0.5) is 0 Å². The highest BCUT2D eigenvalue weighted by atomic mass is 15.4. The van der Waals surface area contributed by atoms with Gasteiger partial charge >= 0.3 is 0 Å². The van der Waals surface area contributed by atoms with E-state index in [2.05, 4.69) is 160 Å². The van der Waals surface area contributed by atoms with E-state index in [9.17, 15) is 5.26 Å². The topological polar surface area (TPSA) is 71.3 Å². The third-order valence-corrected chi connectivity index (χ3v) is 21.2. The number of fused-ring (bicyclic) bond motifs is 9. The molecule has 10 aliphatic carbocycles. The Morgan fingerprint density at radius 3 is 2.25 bits per heavy atom. The van der Waals surface area contributed by atoms with Gasteiger partial charge in [0, 0.05) is 65.4 Å². The summed E-state index contributed by atoms with van der Waals surface area (Å²) in [6.07, 6.45) is 67.5. The Hall–Kier alpha value is -4.29. The number of rotatable bonds is 7. The van der Waals surface area contributed by atoms with Crippen molar-refractivity contribution in [3.63, 3.8) is 0 Å². The van der Waals surface area contributed by atoms with Crippen LogP contribution in [0.25, 0.3) is 6.08 Å². The Balaban J connectivity index is 0.884. The zero-order valence-corrected chi connectivity index (χ0v) is 44.0. The van der Waals surface area contributed by atoms with Gasteiger partial charge in [0.15, 0.2) is 0 Å². The number of nitrogens with zero attached hydrogens (tertiary/aromatic N) is 4. The average molecular weight is 974 g/mol. The first-order valence-corrected chi connectivity index (χ1v) is 30.0. The molecule has 18 atom stereocenters. The van der Waals surface area contributed by atoms with E-state index in [0.29, 0.717) is 71.6 Å². The lowest BCUT2D eigenvalue weighted by Gasteiger charge is -2.50. The molecule has 3 N–H and O–H groups in total. The second kappa shape index (κ2) is 19.7. The van der Waals surface area contributed by atoms with E-state index >= 15 is 0 Å². The van der Waals surface area contributed by atoms with Gasteiger partial charge in [0.1, 0.15) is 0 Å². The van der Waals surface area contributed by atoms with Crippen LogP contribution in [0.1, 0.15) is 145 Å². The fourth-order valence-electron chi connectivity index (χ4n) is 17.8. The fourth-order valence-corrected chi connectivity index (χ4v) is 17.8. The van der Waals surface area contributed by atoms with Crippen molar-refractivity contribution < 1.29 is 0 Å². The van der Waals surface area contributed by atoms with E-state index in [-0.39, 0.29) is 36.5 Å².